The molecule has 2 unspecified atom stereocenters. The number of hydrogen-bond acceptors (Lipinski definition) is 1. The number of hydrogen-bond donors (Lipinski definition) is 1. The van der Waals surface area contributed by atoms with Crippen molar-refractivity contribution < 1.29 is 4.79 Å². The van der Waals surface area contributed by atoms with Crippen LogP contribution in [-0.2, 0) is 4.79 Å². The van der Waals surface area contributed by atoms with Crippen LogP contribution in [0.2, 0.25) is 0 Å². The summed E-state index contributed by atoms with van der Waals surface area (Å²) in [7, 11) is 0. The highest BCUT2D eigenvalue weighted by Crippen LogP contribution is 2.35. The fourth-order valence-electron chi connectivity index (χ4n) is 2.50. The van der Waals surface area contributed by atoms with Crippen molar-refractivity contribution in [2.45, 2.75) is 70.7 Å². The molecule has 2 atom stereocenters. The maximum absolute atomic E-state index is 12.2. The van der Waals surface area contributed by atoms with Crippen LogP contribution in [-0.4, -0.2) is 17.3 Å². The predicted octanol–water partition coefficient (Wildman–Crippen LogP) is 3.48. The lowest BCUT2D eigenvalue weighted by molar-refractivity contribution is -0.132. The van der Waals surface area contributed by atoms with Crippen molar-refractivity contribution in [2.75, 3.05) is 0 Å². The van der Waals surface area contributed by atoms with Crippen LogP contribution in [0.15, 0.2) is 0 Å². The predicted molar refractivity (Wildman–Crippen MR) is 68.7 cm³/mol. The summed E-state index contributed by atoms with van der Waals surface area (Å²) in [6.07, 6.45) is 6.54. The first-order chi connectivity index (χ1) is 7.44. The molecule has 1 N–H and O–H groups in total. The Morgan fingerprint density at radius 2 is 1.88 bits per heavy atom. The zero-order valence-corrected chi connectivity index (χ0v) is 11.4. The first-order valence-corrected chi connectivity index (χ1v) is 6.83. The third-order valence-corrected chi connectivity index (χ3v) is 3.74. The van der Waals surface area contributed by atoms with Crippen molar-refractivity contribution in [3.63, 3.8) is 0 Å². The second kappa shape index (κ2) is 5.90. The molecule has 94 valence electrons. The Balaban J connectivity index is 2.44. The van der Waals surface area contributed by atoms with Crippen LogP contribution < -0.4 is 5.32 Å². The van der Waals surface area contributed by atoms with Crippen molar-refractivity contribution >= 4 is 17.5 Å². The molecule has 0 aromatic carbocycles. The van der Waals surface area contributed by atoms with E-state index >= 15 is 0 Å². The lowest BCUT2D eigenvalue weighted by Gasteiger charge is -2.33. The largest absolute Gasteiger partial charge is 0.353 e. The van der Waals surface area contributed by atoms with Gasteiger partial charge in [0.2, 0.25) is 5.91 Å². The van der Waals surface area contributed by atoms with Gasteiger partial charge in [0.15, 0.2) is 0 Å². The van der Waals surface area contributed by atoms with E-state index in [9.17, 15) is 4.79 Å². The van der Waals surface area contributed by atoms with Crippen molar-refractivity contribution in [1.29, 1.82) is 0 Å². The minimum atomic E-state index is -0.137. The SMILES string of the molecule is CC(Cl)CC(C)NC(=O)C1(C)CCCCC1. The number of halogens is 1. The smallest absolute Gasteiger partial charge is 0.226 e. The van der Waals surface area contributed by atoms with Gasteiger partial charge in [-0.3, -0.25) is 4.79 Å². The van der Waals surface area contributed by atoms with Gasteiger partial charge in [-0.05, 0) is 33.1 Å². The molecule has 0 aliphatic heterocycles. The Bertz CT molecular complexity index is 234. The number of alkyl halides is 1. The summed E-state index contributed by atoms with van der Waals surface area (Å²) in [5.41, 5.74) is -0.137. The first kappa shape index (κ1) is 13.8. The van der Waals surface area contributed by atoms with Gasteiger partial charge in [0.1, 0.15) is 0 Å². The van der Waals surface area contributed by atoms with Crippen LogP contribution in [0.1, 0.15) is 59.3 Å². The summed E-state index contributed by atoms with van der Waals surface area (Å²) in [4.78, 5) is 12.2. The second-order valence-corrected chi connectivity index (χ2v) is 6.26. The van der Waals surface area contributed by atoms with Crippen molar-refractivity contribution in [3.8, 4) is 0 Å². The van der Waals surface area contributed by atoms with Gasteiger partial charge in [-0.2, -0.15) is 0 Å². The molecule has 1 rings (SSSR count). The summed E-state index contributed by atoms with van der Waals surface area (Å²) >= 11 is 5.93. The normalized spacial score (nSPS) is 23.5. The molecule has 0 aromatic rings. The van der Waals surface area contributed by atoms with Gasteiger partial charge in [0.25, 0.3) is 0 Å². The highest BCUT2D eigenvalue weighted by atomic mass is 35.5. The molecule has 1 aliphatic carbocycles. The fraction of sp³-hybridized carbons (Fsp3) is 0.923. The maximum Gasteiger partial charge on any atom is 0.226 e. The molecule has 0 spiro atoms. The van der Waals surface area contributed by atoms with Gasteiger partial charge < -0.3 is 5.32 Å². The molecule has 0 saturated heterocycles. The van der Waals surface area contributed by atoms with Crippen LogP contribution >= 0.6 is 11.6 Å². The highest BCUT2D eigenvalue weighted by Gasteiger charge is 2.34. The first-order valence-electron chi connectivity index (χ1n) is 6.39. The topological polar surface area (TPSA) is 29.1 Å². The number of carbonyl (C=O) groups excluding carboxylic acids is 1. The third kappa shape index (κ3) is 3.97. The maximum atomic E-state index is 12.2. The van der Waals surface area contributed by atoms with Gasteiger partial charge in [-0.15, -0.1) is 11.6 Å². The number of nitrogens with one attached hydrogen (secondary N) is 1. The summed E-state index contributed by atoms with van der Waals surface area (Å²) in [5.74, 6) is 0.219. The molecule has 0 heterocycles. The standard InChI is InChI=1S/C13H24ClNO/c1-10(14)9-11(2)15-12(16)13(3)7-5-4-6-8-13/h10-11H,4-9H2,1-3H3,(H,15,16). The van der Waals surface area contributed by atoms with E-state index in [1.807, 2.05) is 13.8 Å². The number of amides is 1. The molecule has 0 aromatic heterocycles. The Kier molecular flexibility index (Phi) is 5.10. The molecular weight excluding hydrogens is 222 g/mol. The highest BCUT2D eigenvalue weighted by molar-refractivity contribution is 6.20. The van der Waals surface area contributed by atoms with Crippen LogP contribution in [0, 0.1) is 5.41 Å². The lowest BCUT2D eigenvalue weighted by atomic mass is 9.75. The fourth-order valence-corrected chi connectivity index (χ4v) is 2.77. The van der Waals surface area contributed by atoms with Gasteiger partial charge in [-0.1, -0.05) is 26.2 Å². The molecule has 0 bridgehead atoms. The summed E-state index contributed by atoms with van der Waals surface area (Å²) in [6, 6.07) is 0.179. The van der Waals surface area contributed by atoms with Gasteiger partial charge in [0.05, 0.1) is 0 Å². The van der Waals surface area contributed by atoms with E-state index in [1.54, 1.807) is 0 Å². The van der Waals surface area contributed by atoms with Gasteiger partial charge in [-0.25, -0.2) is 0 Å². The van der Waals surface area contributed by atoms with Crippen LogP contribution in [0.25, 0.3) is 0 Å². The molecule has 0 radical (unpaired) electrons. The molecular formula is C13H24ClNO. The van der Waals surface area contributed by atoms with E-state index in [4.69, 9.17) is 11.6 Å². The molecule has 2 nitrogen and oxygen atoms in total. The second-order valence-electron chi connectivity index (χ2n) is 5.51. The van der Waals surface area contributed by atoms with Crippen molar-refractivity contribution in [2.24, 2.45) is 5.41 Å². The average Bonchev–Trinajstić information content (AvgIpc) is 2.17. The molecule has 1 aliphatic rings. The van der Waals surface area contributed by atoms with Crippen LogP contribution in [0.4, 0.5) is 0 Å². The van der Waals surface area contributed by atoms with Crippen molar-refractivity contribution in [1.82, 2.24) is 5.32 Å². The Morgan fingerprint density at radius 1 is 1.31 bits per heavy atom. The zero-order valence-electron chi connectivity index (χ0n) is 10.7. The summed E-state index contributed by atoms with van der Waals surface area (Å²) in [6.45, 7) is 6.09. The van der Waals surface area contributed by atoms with E-state index in [2.05, 4.69) is 12.2 Å². The molecule has 3 heteroatoms. The third-order valence-electron chi connectivity index (χ3n) is 3.56. The molecule has 16 heavy (non-hydrogen) atoms. The van der Waals surface area contributed by atoms with E-state index in [1.165, 1.54) is 19.3 Å². The van der Waals surface area contributed by atoms with Crippen molar-refractivity contribution in [3.05, 3.63) is 0 Å². The van der Waals surface area contributed by atoms with E-state index < -0.39 is 0 Å². The van der Waals surface area contributed by atoms with E-state index in [-0.39, 0.29) is 22.7 Å². The number of carbonyl (C=O) groups is 1. The van der Waals surface area contributed by atoms with E-state index in [0.29, 0.717) is 0 Å². The summed E-state index contributed by atoms with van der Waals surface area (Å²) in [5, 5.41) is 3.22. The monoisotopic (exact) mass is 245 g/mol. The molecule has 1 amide bonds. The minimum Gasteiger partial charge on any atom is -0.353 e. The van der Waals surface area contributed by atoms with Crippen LogP contribution in [0.3, 0.4) is 0 Å². The van der Waals surface area contributed by atoms with Crippen LogP contribution in [0.5, 0.6) is 0 Å². The Morgan fingerprint density at radius 3 is 2.38 bits per heavy atom. The van der Waals surface area contributed by atoms with E-state index in [0.717, 1.165) is 19.3 Å². The summed E-state index contributed by atoms with van der Waals surface area (Å²) < 4.78 is 0. The Labute approximate surface area is 104 Å². The van der Waals surface area contributed by atoms with Gasteiger partial charge >= 0.3 is 0 Å². The quantitative estimate of drug-likeness (QED) is 0.755. The zero-order chi connectivity index (χ0) is 12.2. The molecule has 1 fully saturated rings. The van der Waals surface area contributed by atoms with Gasteiger partial charge in [0, 0.05) is 16.8 Å². The Hall–Kier alpha value is -0.240. The lowest BCUT2D eigenvalue weighted by Crippen LogP contribution is -2.44. The average molecular weight is 246 g/mol. The molecule has 1 saturated carbocycles. The minimum absolute atomic E-state index is 0.120. The number of rotatable bonds is 4.